The van der Waals surface area contributed by atoms with Crippen LogP contribution in [0, 0.1) is 20.8 Å². The Bertz CT molecular complexity index is 1230. The molecular formula is C24H26N2O4S. The molecule has 2 aromatic carbocycles. The maximum Gasteiger partial charge on any atom is 0.244 e. The molecule has 0 unspecified atom stereocenters. The molecule has 1 aliphatic rings. The van der Waals surface area contributed by atoms with E-state index in [9.17, 15) is 13.2 Å². The third-order valence-corrected chi connectivity index (χ3v) is 7.67. The number of furan rings is 1. The molecular weight excluding hydrogens is 412 g/mol. The molecule has 0 aliphatic carbocycles. The Kier molecular flexibility index (Phi) is 5.73. The van der Waals surface area contributed by atoms with E-state index in [2.05, 4.69) is 5.32 Å². The standard InChI is InChI=1S/C24H26N2O4S/c1-16-8-9-17(2)23(12-16)31(28,29)26-15-20-7-5-4-6-19(20)13-22(26)24(27)25-14-21-11-10-18(3)30-21/h4-12,22H,13-15H2,1-3H3,(H,25,27)/t22-/m0/s1. The molecule has 1 aromatic heterocycles. The number of hydrogen-bond acceptors (Lipinski definition) is 4. The summed E-state index contributed by atoms with van der Waals surface area (Å²) in [7, 11) is -3.88. The Morgan fingerprint density at radius 2 is 1.81 bits per heavy atom. The summed E-state index contributed by atoms with van der Waals surface area (Å²) in [6.45, 7) is 5.84. The third kappa shape index (κ3) is 4.29. The van der Waals surface area contributed by atoms with Gasteiger partial charge in [0.05, 0.1) is 11.4 Å². The van der Waals surface area contributed by atoms with Crippen molar-refractivity contribution in [3.05, 3.63) is 88.4 Å². The molecule has 0 fully saturated rings. The van der Waals surface area contributed by atoms with Crippen LogP contribution in [-0.4, -0.2) is 24.7 Å². The van der Waals surface area contributed by atoms with Crippen molar-refractivity contribution in [2.75, 3.05) is 0 Å². The van der Waals surface area contributed by atoms with Crippen LogP contribution in [0.5, 0.6) is 0 Å². The monoisotopic (exact) mass is 438 g/mol. The maximum absolute atomic E-state index is 13.7. The SMILES string of the molecule is Cc1ccc(C)c(S(=O)(=O)N2Cc3ccccc3C[C@H]2C(=O)NCc2ccc(C)o2)c1. The summed E-state index contributed by atoms with van der Waals surface area (Å²) in [6, 6.07) is 15.8. The molecule has 0 radical (unpaired) electrons. The molecule has 2 heterocycles. The Morgan fingerprint density at radius 1 is 1.06 bits per heavy atom. The van der Waals surface area contributed by atoms with Crippen LogP contribution in [-0.2, 0) is 34.3 Å². The lowest BCUT2D eigenvalue weighted by Gasteiger charge is -2.35. The van der Waals surface area contributed by atoms with Crippen molar-refractivity contribution in [2.45, 2.75) is 51.2 Å². The molecule has 0 saturated carbocycles. The van der Waals surface area contributed by atoms with Crippen LogP contribution >= 0.6 is 0 Å². The minimum atomic E-state index is -3.88. The topological polar surface area (TPSA) is 79.6 Å². The summed E-state index contributed by atoms with van der Waals surface area (Å²) in [6.07, 6.45) is 0.323. The minimum Gasteiger partial charge on any atom is -0.465 e. The van der Waals surface area contributed by atoms with E-state index in [1.54, 1.807) is 25.1 Å². The van der Waals surface area contributed by atoms with Gasteiger partial charge in [0.15, 0.2) is 0 Å². The van der Waals surface area contributed by atoms with Gasteiger partial charge in [-0.3, -0.25) is 4.79 Å². The van der Waals surface area contributed by atoms with Gasteiger partial charge in [-0.2, -0.15) is 4.31 Å². The number of rotatable bonds is 5. The van der Waals surface area contributed by atoms with Gasteiger partial charge in [0, 0.05) is 6.54 Å². The maximum atomic E-state index is 13.7. The normalized spacial score (nSPS) is 16.7. The van der Waals surface area contributed by atoms with E-state index >= 15 is 0 Å². The number of sulfonamides is 1. The molecule has 3 aromatic rings. The van der Waals surface area contributed by atoms with Gasteiger partial charge >= 0.3 is 0 Å². The molecule has 7 heteroatoms. The zero-order valence-corrected chi connectivity index (χ0v) is 18.7. The van der Waals surface area contributed by atoms with Crippen LogP contribution in [0.4, 0.5) is 0 Å². The fourth-order valence-electron chi connectivity index (χ4n) is 3.96. The fraction of sp³-hybridized carbons (Fsp3) is 0.292. The average molecular weight is 439 g/mol. The smallest absolute Gasteiger partial charge is 0.244 e. The molecule has 1 aliphatic heterocycles. The van der Waals surface area contributed by atoms with Crippen LogP contribution in [0.3, 0.4) is 0 Å². The van der Waals surface area contributed by atoms with Crippen molar-refractivity contribution in [3.63, 3.8) is 0 Å². The number of nitrogens with zero attached hydrogens (tertiary/aromatic N) is 1. The van der Waals surface area contributed by atoms with Crippen molar-refractivity contribution in [1.29, 1.82) is 0 Å². The first-order chi connectivity index (χ1) is 14.8. The van der Waals surface area contributed by atoms with Crippen LogP contribution in [0.1, 0.15) is 33.8 Å². The van der Waals surface area contributed by atoms with Crippen LogP contribution < -0.4 is 5.32 Å². The summed E-state index contributed by atoms with van der Waals surface area (Å²) in [5.74, 6) is 1.05. The van der Waals surface area contributed by atoms with E-state index in [0.29, 0.717) is 17.7 Å². The number of carbonyl (C=O) groups excluding carboxylic acids is 1. The highest BCUT2D eigenvalue weighted by Gasteiger charge is 2.40. The van der Waals surface area contributed by atoms with Crippen molar-refractivity contribution >= 4 is 15.9 Å². The molecule has 4 rings (SSSR count). The zero-order valence-electron chi connectivity index (χ0n) is 17.9. The number of hydrogen-bond donors (Lipinski definition) is 1. The van der Waals surface area contributed by atoms with Gasteiger partial charge in [-0.05, 0) is 67.6 Å². The van der Waals surface area contributed by atoms with Gasteiger partial charge in [-0.25, -0.2) is 8.42 Å². The average Bonchev–Trinajstić information content (AvgIpc) is 3.17. The second kappa shape index (κ2) is 8.32. The zero-order chi connectivity index (χ0) is 22.2. The van der Waals surface area contributed by atoms with E-state index in [1.165, 1.54) is 4.31 Å². The first-order valence-corrected chi connectivity index (χ1v) is 11.7. The highest BCUT2D eigenvalue weighted by Crippen LogP contribution is 2.31. The van der Waals surface area contributed by atoms with Crippen LogP contribution in [0.15, 0.2) is 63.9 Å². The van der Waals surface area contributed by atoms with Gasteiger partial charge in [-0.15, -0.1) is 0 Å². The Labute approximate surface area is 182 Å². The van der Waals surface area contributed by atoms with Crippen molar-refractivity contribution in [1.82, 2.24) is 9.62 Å². The summed E-state index contributed by atoms with van der Waals surface area (Å²) >= 11 is 0. The van der Waals surface area contributed by atoms with Crippen LogP contribution in [0.2, 0.25) is 0 Å². The number of aryl methyl sites for hydroxylation is 3. The van der Waals surface area contributed by atoms with Crippen molar-refractivity contribution in [2.24, 2.45) is 0 Å². The second-order valence-electron chi connectivity index (χ2n) is 8.04. The summed E-state index contributed by atoms with van der Waals surface area (Å²) in [5, 5.41) is 2.85. The van der Waals surface area contributed by atoms with Crippen molar-refractivity contribution in [3.8, 4) is 0 Å². The fourth-order valence-corrected chi connectivity index (χ4v) is 5.84. The third-order valence-electron chi connectivity index (χ3n) is 5.67. The van der Waals surface area contributed by atoms with E-state index in [-0.39, 0.29) is 23.9 Å². The minimum absolute atomic E-state index is 0.157. The summed E-state index contributed by atoms with van der Waals surface area (Å²) in [5.41, 5.74) is 3.43. The second-order valence-corrected chi connectivity index (χ2v) is 9.90. The number of benzene rings is 2. The Morgan fingerprint density at radius 3 is 2.52 bits per heavy atom. The molecule has 0 spiro atoms. The molecule has 0 bridgehead atoms. The van der Waals surface area contributed by atoms with E-state index in [0.717, 1.165) is 22.5 Å². The lowest BCUT2D eigenvalue weighted by atomic mass is 9.95. The molecule has 162 valence electrons. The highest BCUT2D eigenvalue weighted by molar-refractivity contribution is 7.89. The summed E-state index contributed by atoms with van der Waals surface area (Å²) in [4.78, 5) is 13.4. The largest absolute Gasteiger partial charge is 0.465 e. The van der Waals surface area contributed by atoms with E-state index < -0.39 is 16.1 Å². The van der Waals surface area contributed by atoms with Crippen molar-refractivity contribution < 1.29 is 17.6 Å². The molecule has 0 saturated heterocycles. The van der Waals surface area contributed by atoms with Gasteiger partial charge < -0.3 is 9.73 Å². The molecule has 1 amide bonds. The van der Waals surface area contributed by atoms with Gasteiger partial charge in [-0.1, -0.05) is 36.4 Å². The number of fused-ring (bicyclic) bond motifs is 1. The van der Waals surface area contributed by atoms with Gasteiger partial charge in [0.1, 0.15) is 17.6 Å². The van der Waals surface area contributed by atoms with E-state index in [4.69, 9.17) is 4.42 Å². The first-order valence-electron chi connectivity index (χ1n) is 10.2. The molecule has 6 nitrogen and oxygen atoms in total. The molecule has 31 heavy (non-hydrogen) atoms. The number of carbonyl (C=O) groups is 1. The Hall–Kier alpha value is -2.90. The van der Waals surface area contributed by atoms with E-state index in [1.807, 2.05) is 50.2 Å². The number of amides is 1. The predicted molar refractivity (Wildman–Crippen MR) is 118 cm³/mol. The predicted octanol–water partition coefficient (Wildman–Crippen LogP) is 3.64. The quantitative estimate of drug-likeness (QED) is 0.660. The van der Waals surface area contributed by atoms with Gasteiger partial charge in [0.25, 0.3) is 0 Å². The van der Waals surface area contributed by atoms with Crippen LogP contribution in [0.25, 0.3) is 0 Å². The van der Waals surface area contributed by atoms with Gasteiger partial charge in [0.2, 0.25) is 15.9 Å². The lowest BCUT2D eigenvalue weighted by molar-refractivity contribution is -0.125. The lowest BCUT2D eigenvalue weighted by Crippen LogP contribution is -2.52. The highest BCUT2D eigenvalue weighted by atomic mass is 32.2. The molecule has 1 atom stereocenters. The summed E-state index contributed by atoms with van der Waals surface area (Å²) < 4.78 is 34.2. The number of nitrogens with one attached hydrogen (secondary N) is 1. The molecule has 1 N–H and O–H groups in total. The first kappa shape index (κ1) is 21.3. The Balaban J connectivity index is 1.68.